The van der Waals surface area contributed by atoms with Crippen molar-refractivity contribution in [2.45, 2.75) is 205 Å². The zero-order valence-corrected chi connectivity index (χ0v) is 36.7. The summed E-state index contributed by atoms with van der Waals surface area (Å²) in [7, 11) is 0. The molecule has 0 aromatic heterocycles. The Balaban J connectivity index is -0.000000491. The van der Waals surface area contributed by atoms with Gasteiger partial charge in [-0.2, -0.15) is 0 Å². The van der Waals surface area contributed by atoms with Crippen molar-refractivity contribution in [2.75, 3.05) is 0 Å². The largest absolute Gasteiger partial charge is 0.0651 e. The number of hydrogen-bond acceptors (Lipinski definition) is 0. The Kier molecular flexibility index (Phi) is 24.8. The van der Waals surface area contributed by atoms with Gasteiger partial charge in [-0.1, -0.05) is 179 Å². The molecule has 2 fully saturated rings. The summed E-state index contributed by atoms with van der Waals surface area (Å²) in [4.78, 5) is 0. The Morgan fingerprint density at radius 1 is 0.422 bits per heavy atom. The van der Waals surface area contributed by atoms with E-state index in [-0.39, 0.29) is 0 Å². The van der Waals surface area contributed by atoms with Gasteiger partial charge >= 0.3 is 0 Å². The minimum Gasteiger partial charge on any atom is -0.0651 e. The summed E-state index contributed by atoms with van der Waals surface area (Å²) in [6, 6.07) is 0. The van der Waals surface area contributed by atoms with Crippen molar-refractivity contribution in [3.05, 3.63) is 0 Å². The average Bonchev–Trinajstić information content (AvgIpc) is 3.66. The first-order chi connectivity index (χ1) is 20.2. The van der Waals surface area contributed by atoms with Gasteiger partial charge in [0.2, 0.25) is 0 Å². The summed E-state index contributed by atoms with van der Waals surface area (Å²) in [6.45, 7) is 55.7. The van der Waals surface area contributed by atoms with Crippen molar-refractivity contribution >= 4 is 0 Å². The van der Waals surface area contributed by atoms with Crippen LogP contribution in [0.1, 0.15) is 205 Å². The Morgan fingerprint density at radius 2 is 0.689 bits per heavy atom. The lowest BCUT2D eigenvalue weighted by Crippen LogP contribution is -2.39. The van der Waals surface area contributed by atoms with Crippen molar-refractivity contribution in [1.82, 2.24) is 0 Å². The van der Waals surface area contributed by atoms with Gasteiger partial charge in [-0.05, 0) is 113 Å². The van der Waals surface area contributed by atoms with E-state index in [9.17, 15) is 0 Å². The number of hydrogen-bond donors (Lipinski definition) is 0. The molecule has 45 heavy (non-hydrogen) atoms. The Bertz CT molecular complexity index is 613. The van der Waals surface area contributed by atoms with Gasteiger partial charge in [0, 0.05) is 0 Å². The second-order valence-electron chi connectivity index (χ2n) is 19.5. The molecule has 0 heterocycles. The third-order valence-electron chi connectivity index (χ3n) is 14.0. The summed E-state index contributed by atoms with van der Waals surface area (Å²) < 4.78 is 0. The summed E-state index contributed by atoms with van der Waals surface area (Å²) >= 11 is 0. The molecule has 0 spiro atoms. The van der Waals surface area contributed by atoms with Crippen LogP contribution < -0.4 is 0 Å². The van der Waals surface area contributed by atoms with E-state index in [1.807, 2.05) is 0 Å². The molecule has 0 amide bonds. The Hall–Kier alpha value is 0. The Labute approximate surface area is 291 Å². The highest BCUT2D eigenvalue weighted by Gasteiger charge is 2.47. The molecule has 0 heteroatoms. The van der Waals surface area contributed by atoms with Crippen molar-refractivity contribution < 1.29 is 0 Å². The molecule has 0 aromatic carbocycles. The van der Waals surface area contributed by atoms with E-state index in [1.54, 1.807) is 0 Å². The topological polar surface area (TPSA) is 0 Å². The highest BCUT2D eigenvalue weighted by Crippen LogP contribution is 2.57. The molecular formula is C45H96. The minimum atomic E-state index is 0.500. The van der Waals surface area contributed by atoms with Crippen LogP contribution in [0.25, 0.3) is 0 Å². The molecule has 2 rings (SSSR count). The highest BCUT2D eigenvalue weighted by molar-refractivity contribution is 4.97. The molecule has 0 radical (unpaired) electrons. The molecule has 0 saturated heterocycles. The lowest BCUT2D eigenvalue weighted by Gasteiger charge is -2.49. The van der Waals surface area contributed by atoms with Crippen LogP contribution in [0.4, 0.5) is 0 Å². The van der Waals surface area contributed by atoms with E-state index >= 15 is 0 Å². The summed E-state index contributed by atoms with van der Waals surface area (Å²) in [5, 5.41) is 0. The zero-order valence-electron chi connectivity index (χ0n) is 36.7. The SMILES string of the molecule is CC(C)C(C)(C)C(C)C.CC(C)C(C)C(C)C.CC(C)C1(C(C)C)CC1.CC(C)C1(C(C)C)CCC1.CCC(C(C)C)C(C)C. The summed E-state index contributed by atoms with van der Waals surface area (Å²) in [6.07, 6.45) is 8.70. The van der Waals surface area contributed by atoms with Crippen LogP contribution in [-0.4, -0.2) is 0 Å². The quantitative estimate of drug-likeness (QED) is 0.212. The first kappa shape index (κ1) is 49.4. The maximum Gasteiger partial charge on any atom is -0.0251 e. The Morgan fingerprint density at radius 3 is 0.689 bits per heavy atom. The molecule has 0 aliphatic heterocycles. The highest BCUT2D eigenvalue weighted by atomic mass is 14.5. The predicted molar refractivity (Wildman–Crippen MR) is 213 cm³/mol. The van der Waals surface area contributed by atoms with Gasteiger partial charge in [-0.3, -0.25) is 0 Å². The standard InChI is InChI=1S/C10H20.C9H18.2C9H20.C8H18/c1-8(2)10(9(3)4)6-5-7-10;1-7(2)9(5-6-9)8(3)4;1-7(2)9(5,6)8(3)4;1-6-9(7(2)3)8(4)5;1-6(2)8(5)7(3)4/h8-9H,5-7H2,1-4H3;7-8H,5-6H2,1-4H3;7-8H,1-6H3;7-9H,6H2,1-5H3;6-8H,1-5H3. The fraction of sp³-hybridized carbons (Fsp3) is 1.00. The van der Waals surface area contributed by atoms with E-state index in [0.29, 0.717) is 5.41 Å². The molecule has 0 aromatic rings. The van der Waals surface area contributed by atoms with Crippen LogP contribution >= 0.6 is 0 Å². The smallest absolute Gasteiger partial charge is 0.0251 e. The molecule has 0 atom stereocenters. The monoisotopic (exact) mass is 637 g/mol. The van der Waals surface area contributed by atoms with Crippen molar-refractivity contribution in [1.29, 1.82) is 0 Å². The molecular weight excluding hydrogens is 540 g/mol. The van der Waals surface area contributed by atoms with Gasteiger partial charge in [-0.15, -0.1) is 0 Å². The first-order valence-electron chi connectivity index (χ1n) is 20.2. The summed E-state index contributed by atoms with van der Waals surface area (Å²) in [5.41, 5.74) is 1.97. The molecule has 2 saturated carbocycles. The van der Waals surface area contributed by atoms with Crippen molar-refractivity contribution in [3.8, 4) is 0 Å². The fourth-order valence-corrected chi connectivity index (χ4v) is 7.52. The third-order valence-corrected chi connectivity index (χ3v) is 14.0. The van der Waals surface area contributed by atoms with Crippen molar-refractivity contribution in [2.24, 2.45) is 87.3 Å². The lowest BCUT2D eigenvalue weighted by molar-refractivity contribution is 0.0135. The zero-order chi connectivity index (χ0) is 36.7. The van der Waals surface area contributed by atoms with E-state index in [2.05, 4.69) is 166 Å². The van der Waals surface area contributed by atoms with Crippen LogP contribution in [0.15, 0.2) is 0 Å². The first-order valence-corrected chi connectivity index (χ1v) is 20.2. The maximum absolute atomic E-state index is 2.37. The van der Waals surface area contributed by atoms with E-state index in [0.717, 1.165) is 81.8 Å². The van der Waals surface area contributed by atoms with Gasteiger partial charge in [-0.25, -0.2) is 0 Å². The molecule has 276 valence electrons. The molecule has 0 bridgehead atoms. The van der Waals surface area contributed by atoms with Crippen LogP contribution in [0, 0.1) is 87.3 Å². The van der Waals surface area contributed by atoms with Crippen LogP contribution in [0.3, 0.4) is 0 Å². The maximum atomic E-state index is 2.37. The number of rotatable bonds is 11. The van der Waals surface area contributed by atoms with Gasteiger partial charge in [0.15, 0.2) is 0 Å². The third kappa shape index (κ3) is 17.3. The van der Waals surface area contributed by atoms with Crippen LogP contribution in [-0.2, 0) is 0 Å². The van der Waals surface area contributed by atoms with E-state index in [1.165, 1.54) is 38.5 Å². The van der Waals surface area contributed by atoms with Crippen LogP contribution in [0.5, 0.6) is 0 Å². The van der Waals surface area contributed by atoms with Gasteiger partial charge in [0.05, 0.1) is 0 Å². The molecule has 2 aliphatic rings. The lowest BCUT2D eigenvalue weighted by atomic mass is 9.56. The molecule has 0 unspecified atom stereocenters. The normalized spacial score (nSPS) is 17.1. The van der Waals surface area contributed by atoms with Crippen molar-refractivity contribution in [3.63, 3.8) is 0 Å². The van der Waals surface area contributed by atoms with Gasteiger partial charge < -0.3 is 0 Å². The molecule has 0 nitrogen and oxygen atoms in total. The van der Waals surface area contributed by atoms with Gasteiger partial charge in [0.25, 0.3) is 0 Å². The summed E-state index contributed by atoms with van der Waals surface area (Å²) in [5.74, 6) is 10.3. The molecule has 2 aliphatic carbocycles. The van der Waals surface area contributed by atoms with Gasteiger partial charge in [0.1, 0.15) is 0 Å². The predicted octanol–water partition coefficient (Wildman–Crippen LogP) is 16.1. The second kappa shape index (κ2) is 22.6. The molecule has 0 N–H and O–H groups in total. The average molecular weight is 637 g/mol. The van der Waals surface area contributed by atoms with E-state index in [4.69, 9.17) is 0 Å². The van der Waals surface area contributed by atoms with E-state index < -0.39 is 0 Å². The van der Waals surface area contributed by atoms with Crippen LogP contribution in [0.2, 0.25) is 0 Å². The second-order valence-corrected chi connectivity index (χ2v) is 19.5. The fourth-order valence-electron chi connectivity index (χ4n) is 7.52. The minimum absolute atomic E-state index is 0.500.